The van der Waals surface area contributed by atoms with Crippen LogP contribution in [0.3, 0.4) is 0 Å². The van der Waals surface area contributed by atoms with Crippen LogP contribution in [0.2, 0.25) is 0 Å². The highest BCUT2D eigenvalue weighted by molar-refractivity contribution is 7.10. The standard InChI is InChI=1S/C29H39O4P.CH3F/c1-18-15-19-16-22(33-34)6-8-23(19)24-11-13-29(2)20(5-9-25(29)28(18)24)12-14-32-21-7-10-26(30-3)27(17-21)31-4;1-2/h6-8,10,16-18,20,24-25,28H,5,9,11-15,34H2,1-4H3;1H3/t18-,20-,24?,25?,28?,29?;/m1./s1. The Labute approximate surface area is 218 Å². The van der Waals surface area contributed by atoms with Crippen LogP contribution in [0.1, 0.15) is 63.0 Å². The molecule has 0 heterocycles. The van der Waals surface area contributed by atoms with Crippen LogP contribution in [-0.2, 0) is 6.42 Å². The lowest BCUT2D eigenvalue weighted by Crippen LogP contribution is -2.45. The Hall–Kier alpha value is -2.00. The highest BCUT2D eigenvalue weighted by Gasteiger charge is 2.55. The molecule has 0 aliphatic heterocycles. The fraction of sp³-hybridized carbons (Fsp3) is 0.600. The van der Waals surface area contributed by atoms with Gasteiger partial charge < -0.3 is 18.7 Å². The summed E-state index contributed by atoms with van der Waals surface area (Å²) in [4.78, 5) is 0. The fourth-order valence-corrected chi connectivity index (χ4v) is 7.98. The molecule has 0 radical (unpaired) electrons. The van der Waals surface area contributed by atoms with Gasteiger partial charge in [-0.2, -0.15) is 0 Å². The van der Waals surface area contributed by atoms with Crippen molar-refractivity contribution in [2.75, 3.05) is 28.0 Å². The molecule has 2 aromatic rings. The quantitative estimate of drug-likeness (QED) is 0.354. The SMILES string of the molecule is CF.COc1ccc(OCC[C@H]2CCC3C4C(CCC32C)c2ccc(OP)cc2C[C@H]4C)cc1OC. The summed E-state index contributed by atoms with van der Waals surface area (Å²) >= 11 is 0. The third-order valence-corrected chi connectivity index (χ3v) is 9.74. The number of halogens is 1. The zero-order valence-corrected chi connectivity index (χ0v) is 23.5. The zero-order valence-electron chi connectivity index (χ0n) is 22.4. The predicted molar refractivity (Wildman–Crippen MR) is 146 cm³/mol. The van der Waals surface area contributed by atoms with E-state index in [0.717, 1.165) is 53.9 Å². The number of rotatable bonds is 7. The molecule has 0 bridgehead atoms. The van der Waals surface area contributed by atoms with E-state index in [1.54, 1.807) is 19.8 Å². The Morgan fingerprint density at radius 3 is 2.44 bits per heavy atom. The summed E-state index contributed by atoms with van der Waals surface area (Å²) < 4.78 is 31.9. The molecule has 3 aliphatic carbocycles. The van der Waals surface area contributed by atoms with Gasteiger partial charge in [0.05, 0.1) is 37.5 Å². The Bertz CT molecular complexity index is 1030. The van der Waals surface area contributed by atoms with Gasteiger partial charge in [-0.1, -0.05) is 19.9 Å². The van der Waals surface area contributed by atoms with E-state index >= 15 is 0 Å². The summed E-state index contributed by atoms with van der Waals surface area (Å²) in [6, 6.07) is 12.6. The van der Waals surface area contributed by atoms with Gasteiger partial charge in [0.1, 0.15) is 11.5 Å². The molecule has 5 rings (SSSR count). The van der Waals surface area contributed by atoms with Crippen molar-refractivity contribution < 1.29 is 23.1 Å². The molecule has 6 heteroatoms. The number of benzene rings is 2. The molecule has 5 unspecified atom stereocenters. The zero-order chi connectivity index (χ0) is 25.9. The molecule has 0 saturated heterocycles. The number of alkyl halides is 1. The Balaban J connectivity index is 0.00000148. The van der Waals surface area contributed by atoms with Gasteiger partial charge in [0, 0.05) is 6.07 Å². The lowest BCUT2D eigenvalue weighted by Gasteiger charge is -2.53. The van der Waals surface area contributed by atoms with E-state index in [4.69, 9.17) is 18.7 Å². The van der Waals surface area contributed by atoms with Gasteiger partial charge >= 0.3 is 0 Å². The maximum atomic E-state index is 9.50. The van der Waals surface area contributed by atoms with Crippen molar-refractivity contribution in [1.82, 2.24) is 0 Å². The van der Waals surface area contributed by atoms with Crippen LogP contribution in [0.15, 0.2) is 36.4 Å². The molecule has 36 heavy (non-hydrogen) atoms. The number of methoxy groups -OCH3 is 2. The summed E-state index contributed by atoms with van der Waals surface area (Å²) in [5, 5.41) is 0. The lowest BCUT2D eigenvalue weighted by atomic mass is 9.51. The van der Waals surface area contributed by atoms with E-state index < -0.39 is 0 Å². The molecule has 0 N–H and O–H groups in total. The molecule has 0 aromatic heterocycles. The van der Waals surface area contributed by atoms with Crippen LogP contribution < -0.4 is 18.7 Å². The first-order valence-corrected chi connectivity index (χ1v) is 13.7. The first-order valence-electron chi connectivity index (χ1n) is 13.2. The summed E-state index contributed by atoms with van der Waals surface area (Å²) in [5.41, 5.74) is 3.53. The second kappa shape index (κ2) is 11.6. The molecule has 2 fully saturated rings. The smallest absolute Gasteiger partial charge is 0.164 e. The van der Waals surface area contributed by atoms with Crippen LogP contribution in [0.25, 0.3) is 0 Å². The summed E-state index contributed by atoms with van der Waals surface area (Å²) in [5.74, 6) is 7.05. The van der Waals surface area contributed by atoms with Crippen LogP contribution in [0, 0.1) is 29.1 Å². The van der Waals surface area contributed by atoms with Gasteiger partial charge in [-0.3, -0.25) is 4.39 Å². The van der Waals surface area contributed by atoms with E-state index in [2.05, 4.69) is 41.5 Å². The minimum absolute atomic E-state index is 0.428. The molecular weight excluding hydrogens is 474 g/mol. The number of ether oxygens (including phenoxy) is 3. The highest BCUT2D eigenvalue weighted by Crippen LogP contribution is 2.64. The van der Waals surface area contributed by atoms with E-state index in [9.17, 15) is 4.39 Å². The molecule has 0 spiro atoms. The van der Waals surface area contributed by atoms with Crippen LogP contribution in [0.5, 0.6) is 23.0 Å². The van der Waals surface area contributed by atoms with Gasteiger partial charge in [0.2, 0.25) is 0 Å². The molecule has 2 aromatic carbocycles. The Kier molecular flexibility index (Phi) is 8.71. The van der Waals surface area contributed by atoms with Gasteiger partial charge in [-0.05, 0) is 109 Å². The van der Waals surface area contributed by atoms with Crippen LogP contribution in [0.4, 0.5) is 4.39 Å². The number of hydrogen-bond donors (Lipinski definition) is 0. The maximum absolute atomic E-state index is 9.50. The van der Waals surface area contributed by atoms with Crippen molar-refractivity contribution in [3.63, 3.8) is 0 Å². The van der Waals surface area contributed by atoms with E-state index in [1.807, 2.05) is 18.2 Å². The summed E-state index contributed by atoms with van der Waals surface area (Å²) in [6.45, 7) is 5.84. The highest BCUT2D eigenvalue weighted by atomic mass is 31.0. The third kappa shape index (κ3) is 4.93. The molecule has 2 saturated carbocycles. The minimum Gasteiger partial charge on any atom is -0.493 e. The van der Waals surface area contributed by atoms with Crippen molar-refractivity contribution in [1.29, 1.82) is 0 Å². The predicted octanol–water partition coefficient (Wildman–Crippen LogP) is 7.65. The third-order valence-electron chi connectivity index (χ3n) is 9.47. The Morgan fingerprint density at radius 1 is 0.972 bits per heavy atom. The first-order chi connectivity index (χ1) is 17.5. The lowest BCUT2D eigenvalue weighted by molar-refractivity contribution is 0.000926. The van der Waals surface area contributed by atoms with Crippen LogP contribution in [-0.4, -0.2) is 28.0 Å². The molecule has 3 aliphatic rings. The number of fused-ring (bicyclic) bond motifs is 5. The van der Waals surface area contributed by atoms with E-state index in [1.165, 1.54) is 37.7 Å². The van der Waals surface area contributed by atoms with E-state index in [-0.39, 0.29) is 0 Å². The second-order valence-corrected chi connectivity index (χ2v) is 11.2. The largest absolute Gasteiger partial charge is 0.493 e. The second-order valence-electron chi connectivity index (χ2n) is 10.9. The average Bonchev–Trinajstić information content (AvgIpc) is 3.25. The van der Waals surface area contributed by atoms with Crippen molar-refractivity contribution in [3.05, 3.63) is 47.5 Å². The summed E-state index contributed by atoms with van der Waals surface area (Å²) in [7, 11) is 6.21. The fourth-order valence-electron chi connectivity index (χ4n) is 7.84. The monoisotopic (exact) mass is 516 g/mol. The van der Waals surface area contributed by atoms with Crippen LogP contribution >= 0.6 is 9.47 Å². The maximum Gasteiger partial charge on any atom is 0.164 e. The van der Waals surface area contributed by atoms with Gasteiger partial charge in [0.25, 0.3) is 0 Å². The average molecular weight is 517 g/mol. The van der Waals surface area contributed by atoms with Gasteiger partial charge in [-0.25, -0.2) is 0 Å². The normalized spacial score (nSPS) is 30.1. The van der Waals surface area contributed by atoms with Gasteiger partial charge in [0.15, 0.2) is 11.5 Å². The van der Waals surface area contributed by atoms with Crippen molar-refractivity contribution >= 4 is 9.47 Å². The molecule has 0 amide bonds. The van der Waals surface area contributed by atoms with E-state index in [0.29, 0.717) is 24.3 Å². The molecule has 7 atom stereocenters. The Morgan fingerprint density at radius 2 is 1.72 bits per heavy atom. The van der Waals surface area contributed by atoms with Crippen molar-refractivity contribution in [3.8, 4) is 23.0 Å². The topological polar surface area (TPSA) is 36.9 Å². The van der Waals surface area contributed by atoms with Crippen molar-refractivity contribution in [2.24, 2.45) is 29.1 Å². The molecule has 198 valence electrons. The summed E-state index contributed by atoms with van der Waals surface area (Å²) in [6.07, 6.45) is 7.64. The van der Waals surface area contributed by atoms with Crippen molar-refractivity contribution in [2.45, 2.75) is 58.3 Å². The molecule has 4 nitrogen and oxygen atoms in total. The molecular formula is C30H42FO4P. The van der Waals surface area contributed by atoms with Gasteiger partial charge in [-0.15, -0.1) is 0 Å². The first kappa shape index (κ1) is 27.0. The minimum atomic E-state index is 0.428. The number of hydrogen-bond acceptors (Lipinski definition) is 4.